The lowest BCUT2D eigenvalue weighted by Crippen LogP contribution is -2.04. The van der Waals surface area contributed by atoms with E-state index in [1.54, 1.807) is 93.6 Å². The Hall–Kier alpha value is -4.56. The lowest BCUT2D eigenvalue weighted by molar-refractivity contribution is -0.129. The van der Waals surface area contributed by atoms with Crippen LogP contribution in [0.1, 0.15) is 20.8 Å². The van der Waals surface area contributed by atoms with Gasteiger partial charge in [-0.25, -0.2) is 14.4 Å². The summed E-state index contributed by atoms with van der Waals surface area (Å²) in [5.74, 6) is 0.406. The van der Waals surface area contributed by atoms with Gasteiger partial charge < -0.3 is 18.9 Å². The molecule has 0 radical (unpaired) electrons. The molecule has 8 heteroatoms. The molecule has 0 aliphatic heterocycles. The van der Waals surface area contributed by atoms with E-state index in [-0.39, 0.29) is 0 Å². The molecule has 0 aromatic heterocycles. The zero-order chi connectivity index (χ0) is 27.3. The average Bonchev–Trinajstić information content (AvgIpc) is 2.87. The van der Waals surface area contributed by atoms with Crippen molar-refractivity contribution in [3.8, 4) is 28.7 Å². The van der Waals surface area contributed by atoms with Gasteiger partial charge in [0.05, 0.1) is 4.90 Å². The van der Waals surface area contributed by atoms with Crippen LogP contribution in [0.3, 0.4) is 0 Å². The van der Waals surface area contributed by atoms with E-state index < -0.39 is 17.9 Å². The minimum Gasteiger partial charge on any atom is -0.456 e. The van der Waals surface area contributed by atoms with Gasteiger partial charge in [0, 0.05) is 35.3 Å². The van der Waals surface area contributed by atoms with Gasteiger partial charge in [-0.3, -0.25) is 0 Å². The number of ether oxygens (including phenoxy) is 4. The molecule has 0 spiro atoms. The highest BCUT2D eigenvalue weighted by molar-refractivity contribution is 7.99. The summed E-state index contributed by atoms with van der Waals surface area (Å²) in [6, 6.07) is 18.7. The molecule has 0 N–H and O–H groups in total. The van der Waals surface area contributed by atoms with Crippen molar-refractivity contribution in [2.75, 3.05) is 0 Å². The fraction of sp³-hybridized carbons (Fsp3) is 0.100. The molecule has 3 aromatic carbocycles. The Kier molecular flexibility index (Phi) is 10.5. The molecule has 0 atom stereocenters. The molecule has 0 aliphatic carbocycles. The van der Waals surface area contributed by atoms with Crippen LogP contribution < -0.4 is 18.9 Å². The van der Waals surface area contributed by atoms with Gasteiger partial charge in [0.15, 0.2) is 0 Å². The standard InChI is InChI=1S/C30H26O7S/c1-4-8-28(31)35-21-13-16-25(17-14-21)38-27-18-15-24(37-30(33)10-6-3)20-26(27)34-22-11-7-12-23(19-22)36-29(32)9-5-2/h4-20H,1-3H3/b8-4+,9-5+,10-6+. The maximum absolute atomic E-state index is 12.0. The van der Waals surface area contributed by atoms with Crippen molar-refractivity contribution >= 4 is 29.7 Å². The number of hydrogen-bond donors (Lipinski definition) is 0. The Morgan fingerprint density at radius 2 is 1.11 bits per heavy atom. The first-order valence-corrected chi connectivity index (χ1v) is 12.4. The van der Waals surface area contributed by atoms with E-state index in [1.165, 1.54) is 30.0 Å². The van der Waals surface area contributed by atoms with E-state index in [9.17, 15) is 14.4 Å². The molecule has 0 saturated heterocycles. The highest BCUT2D eigenvalue weighted by Gasteiger charge is 2.13. The molecule has 0 heterocycles. The topological polar surface area (TPSA) is 88.1 Å². The highest BCUT2D eigenvalue weighted by atomic mass is 32.2. The summed E-state index contributed by atoms with van der Waals surface area (Å²) in [6.45, 7) is 5.18. The summed E-state index contributed by atoms with van der Waals surface area (Å²) in [6.07, 6.45) is 8.76. The predicted molar refractivity (Wildman–Crippen MR) is 145 cm³/mol. The van der Waals surface area contributed by atoms with Crippen molar-refractivity contribution in [3.05, 3.63) is 103 Å². The number of hydrogen-bond acceptors (Lipinski definition) is 8. The first-order chi connectivity index (χ1) is 18.4. The second-order valence-electron chi connectivity index (χ2n) is 7.52. The van der Waals surface area contributed by atoms with Crippen molar-refractivity contribution < 1.29 is 33.3 Å². The van der Waals surface area contributed by atoms with Crippen LogP contribution in [0.15, 0.2) is 113 Å². The minimum absolute atomic E-state index is 0.300. The second kappa shape index (κ2) is 14.2. The molecule has 0 unspecified atom stereocenters. The number of benzene rings is 3. The van der Waals surface area contributed by atoms with Crippen molar-refractivity contribution in [1.29, 1.82) is 0 Å². The summed E-state index contributed by atoms with van der Waals surface area (Å²) in [4.78, 5) is 37.0. The van der Waals surface area contributed by atoms with Crippen molar-refractivity contribution in [2.45, 2.75) is 30.6 Å². The molecule has 0 bridgehead atoms. The number of esters is 3. The molecule has 0 saturated carbocycles. The summed E-state index contributed by atoms with van der Waals surface area (Å²) < 4.78 is 22.0. The highest BCUT2D eigenvalue weighted by Crippen LogP contribution is 2.40. The number of carbonyl (C=O) groups excluding carboxylic acids is 3. The Balaban J connectivity index is 1.86. The van der Waals surface area contributed by atoms with E-state index >= 15 is 0 Å². The third-order valence-electron chi connectivity index (χ3n) is 4.56. The molecular formula is C30H26O7S. The molecule has 38 heavy (non-hydrogen) atoms. The van der Waals surface area contributed by atoms with Crippen LogP contribution in [-0.4, -0.2) is 17.9 Å². The van der Waals surface area contributed by atoms with Gasteiger partial charge in [-0.2, -0.15) is 0 Å². The maximum atomic E-state index is 12.0. The van der Waals surface area contributed by atoms with Gasteiger partial charge in [0.2, 0.25) is 0 Å². The van der Waals surface area contributed by atoms with Crippen LogP contribution in [-0.2, 0) is 14.4 Å². The third-order valence-corrected chi connectivity index (χ3v) is 5.63. The smallest absolute Gasteiger partial charge is 0.335 e. The number of rotatable bonds is 10. The molecule has 0 amide bonds. The fourth-order valence-corrected chi connectivity index (χ4v) is 3.87. The zero-order valence-electron chi connectivity index (χ0n) is 21.1. The van der Waals surface area contributed by atoms with Crippen LogP contribution in [0.4, 0.5) is 0 Å². The quantitative estimate of drug-likeness (QED) is 0.156. The van der Waals surface area contributed by atoms with Crippen LogP contribution >= 0.6 is 11.8 Å². The molecule has 3 aromatic rings. The number of allylic oxidation sites excluding steroid dienone is 3. The monoisotopic (exact) mass is 530 g/mol. The Bertz CT molecular complexity index is 1370. The van der Waals surface area contributed by atoms with Gasteiger partial charge >= 0.3 is 17.9 Å². The number of carbonyl (C=O) groups is 3. The Morgan fingerprint density at radius 3 is 1.68 bits per heavy atom. The SMILES string of the molecule is C/C=C/C(=O)Oc1ccc(Sc2ccc(OC(=O)/C=C/C)cc2Oc2cccc(OC(=O)/C=C/C)c2)cc1. The normalized spacial score (nSPS) is 11.1. The molecule has 7 nitrogen and oxygen atoms in total. The first kappa shape index (κ1) is 28.0. The minimum atomic E-state index is -0.514. The lowest BCUT2D eigenvalue weighted by Gasteiger charge is -2.13. The summed E-state index contributed by atoms with van der Waals surface area (Å²) in [5.41, 5.74) is 0. The molecule has 3 rings (SSSR count). The zero-order valence-corrected chi connectivity index (χ0v) is 21.9. The van der Waals surface area contributed by atoms with Crippen LogP contribution in [0.2, 0.25) is 0 Å². The van der Waals surface area contributed by atoms with E-state index in [0.717, 1.165) is 9.79 Å². The lowest BCUT2D eigenvalue weighted by atomic mass is 10.3. The average molecular weight is 531 g/mol. The summed E-state index contributed by atoms with van der Waals surface area (Å²) >= 11 is 1.40. The molecule has 194 valence electrons. The predicted octanol–water partition coefficient (Wildman–Crippen LogP) is 7.07. The van der Waals surface area contributed by atoms with Crippen LogP contribution in [0.25, 0.3) is 0 Å². The second-order valence-corrected chi connectivity index (χ2v) is 8.64. The van der Waals surface area contributed by atoms with Gasteiger partial charge in [-0.15, -0.1) is 0 Å². The fourth-order valence-electron chi connectivity index (χ4n) is 3.01. The van der Waals surface area contributed by atoms with Crippen molar-refractivity contribution in [1.82, 2.24) is 0 Å². The van der Waals surface area contributed by atoms with Gasteiger partial charge in [0.25, 0.3) is 0 Å². The maximum Gasteiger partial charge on any atom is 0.335 e. The van der Waals surface area contributed by atoms with E-state index in [2.05, 4.69) is 0 Å². The van der Waals surface area contributed by atoms with Crippen molar-refractivity contribution in [3.63, 3.8) is 0 Å². The van der Waals surface area contributed by atoms with Gasteiger partial charge in [-0.1, -0.05) is 36.1 Å². The molecular weight excluding hydrogens is 504 g/mol. The Morgan fingerprint density at radius 1 is 0.605 bits per heavy atom. The van der Waals surface area contributed by atoms with E-state index in [0.29, 0.717) is 28.7 Å². The largest absolute Gasteiger partial charge is 0.456 e. The summed E-state index contributed by atoms with van der Waals surface area (Å²) in [5, 5.41) is 0. The van der Waals surface area contributed by atoms with E-state index in [4.69, 9.17) is 18.9 Å². The summed E-state index contributed by atoms with van der Waals surface area (Å²) in [7, 11) is 0. The molecule has 0 aliphatic rings. The third kappa shape index (κ3) is 8.83. The van der Waals surface area contributed by atoms with Gasteiger partial charge in [0.1, 0.15) is 28.7 Å². The van der Waals surface area contributed by atoms with Crippen molar-refractivity contribution in [2.24, 2.45) is 0 Å². The van der Waals surface area contributed by atoms with Crippen LogP contribution in [0, 0.1) is 0 Å². The molecule has 0 fully saturated rings. The van der Waals surface area contributed by atoms with Gasteiger partial charge in [-0.05, 0) is 69.3 Å². The van der Waals surface area contributed by atoms with E-state index in [1.807, 2.05) is 12.1 Å². The first-order valence-electron chi connectivity index (χ1n) is 11.6. The Labute approximate surface area is 225 Å². The van der Waals surface area contributed by atoms with Crippen LogP contribution in [0.5, 0.6) is 28.7 Å².